The highest BCUT2D eigenvalue weighted by Gasteiger charge is 2.14. The zero-order valence-corrected chi connectivity index (χ0v) is 17.2. The fourth-order valence-corrected chi connectivity index (χ4v) is 3.79. The van der Waals surface area contributed by atoms with Gasteiger partial charge in [0, 0.05) is 12.0 Å². The number of hydrogen-bond acceptors (Lipinski definition) is 5. The molecule has 0 aliphatic heterocycles. The van der Waals surface area contributed by atoms with E-state index in [0.717, 1.165) is 42.7 Å². The summed E-state index contributed by atoms with van der Waals surface area (Å²) in [6.07, 6.45) is 5.23. The summed E-state index contributed by atoms with van der Waals surface area (Å²) >= 11 is 1.42. The molecule has 1 aromatic heterocycles. The molecule has 6 heteroatoms. The minimum atomic E-state index is -0.536. The predicted octanol–water partition coefficient (Wildman–Crippen LogP) is 4.58. The lowest BCUT2D eigenvalue weighted by Gasteiger charge is -2.03. The van der Waals surface area contributed by atoms with Crippen LogP contribution in [0.15, 0.2) is 60.7 Å². The third kappa shape index (κ3) is 6.91. The molecule has 0 atom stereocenters. The number of carbonyl (C=O) groups is 2. The Morgan fingerprint density at radius 1 is 0.828 bits per heavy atom. The van der Waals surface area contributed by atoms with Gasteiger partial charge in [-0.05, 0) is 24.8 Å². The van der Waals surface area contributed by atoms with E-state index in [1.54, 1.807) is 0 Å². The van der Waals surface area contributed by atoms with E-state index in [4.69, 9.17) is 0 Å². The van der Waals surface area contributed by atoms with Crippen LogP contribution in [0.1, 0.15) is 42.7 Å². The van der Waals surface area contributed by atoms with E-state index in [2.05, 4.69) is 39.8 Å². The molecule has 1 N–H and O–H groups in total. The van der Waals surface area contributed by atoms with Gasteiger partial charge in [-0.25, -0.2) is 0 Å². The number of carbonyl (C=O) groups excluding carboxylic acids is 2. The van der Waals surface area contributed by atoms with Crippen molar-refractivity contribution in [2.45, 2.75) is 45.1 Å². The molecule has 3 rings (SSSR count). The van der Waals surface area contributed by atoms with E-state index in [0.29, 0.717) is 11.4 Å². The van der Waals surface area contributed by atoms with Crippen molar-refractivity contribution < 1.29 is 9.59 Å². The van der Waals surface area contributed by atoms with Crippen molar-refractivity contribution in [3.05, 3.63) is 71.2 Å². The second-order valence-electron chi connectivity index (χ2n) is 6.87. The molecule has 1 heterocycles. The number of hydrogen-bond donors (Lipinski definition) is 1. The van der Waals surface area contributed by atoms with E-state index < -0.39 is 5.91 Å². The maximum atomic E-state index is 12.0. The van der Waals surface area contributed by atoms with Gasteiger partial charge in [-0.2, -0.15) is 0 Å². The van der Waals surface area contributed by atoms with Crippen LogP contribution in [0.4, 0.5) is 0 Å². The van der Waals surface area contributed by atoms with Crippen molar-refractivity contribution >= 4 is 23.0 Å². The molecule has 0 radical (unpaired) electrons. The number of aryl methyl sites for hydroxylation is 1. The average molecular weight is 408 g/mol. The Morgan fingerprint density at radius 3 is 2.28 bits per heavy atom. The first-order valence-corrected chi connectivity index (χ1v) is 10.8. The Kier molecular flexibility index (Phi) is 8.07. The van der Waals surface area contributed by atoms with E-state index in [9.17, 15) is 9.59 Å². The number of benzene rings is 2. The van der Waals surface area contributed by atoms with E-state index in [1.165, 1.54) is 16.9 Å². The van der Waals surface area contributed by atoms with Crippen LogP contribution in [0.25, 0.3) is 10.6 Å². The molecule has 0 aliphatic carbocycles. The summed E-state index contributed by atoms with van der Waals surface area (Å²) in [6, 6.07) is 20.2. The third-order valence-corrected chi connectivity index (χ3v) is 5.58. The Hall–Kier alpha value is -2.86. The number of aromatic nitrogens is 2. The lowest BCUT2D eigenvalue weighted by molar-refractivity contribution is -0.138. The molecule has 0 unspecified atom stereocenters. The third-order valence-electron chi connectivity index (χ3n) is 4.60. The average Bonchev–Trinajstić information content (AvgIpc) is 3.25. The van der Waals surface area contributed by atoms with Crippen LogP contribution in [-0.4, -0.2) is 21.9 Å². The van der Waals surface area contributed by atoms with Gasteiger partial charge in [-0.1, -0.05) is 84.8 Å². The van der Waals surface area contributed by atoms with Crippen molar-refractivity contribution in [2.75, 3.05) is 0 Å². The predicted molar refractivity (Wildman–Crippen MR) is 115 cm³/mol. The van der Waals surface area contributed by atoms with Crippen molar-refractivity contribution in [1.82, 2.24) is 15.5 Å². The molecular formula is C23H25N3O2S. The molecule has 0 aliphatic rings. The number of ketones is 1. The summed E-state index contributed by atoms with van der Waals surface area (Å²) in [6.45, 7) is 0.228. The molecule has 3 aromatic rings. The summed E-state index contributed by atoms with van der Waals surface area (Å²) in [4.78, 5) is 24.0. The van der Waals surface area contributed by atoms with Crippen molar-refractivity contribution in [2.24, 2.45) is 0 Å². The minimum Gasteiger partial charge on any atom is -0.343 e. The van der Waals surface area contributed by atoms with Crippen LogP contribution in [0.5, 0.6) is 0 Å². The summed E-state index contributed by atoms with van der Waals surface area (Å²) < 4.78 is 0. The number of rotatable bonds is 11. The van der Waals surface area contributed by atoms with Crippen LogP contribution in [0.2, 0.25) is 0 Å². The van der Waals surface area contributed by atoms with Gasteiger partial charge < -0.3 is 5.32 Å². The summed E-state index contributed by atoms with van der Waals surface area (Å²) in [7, 11) is 0. The Morgan fingerprint density at radius 2 is 1.52 bits per heavy atom. The first-order valence-electron chi connectivity index (χ1n) is 9.95. The van der Waals surface area contributed by atoms with E-state index >= 15 is 0 Å². The molecule has 1 amide bonds. The quantitative estimate of drug-likeness (QED) is 0.373. The molecular weight excluding hydrogens is 382 g/mol. The Balaban J connectivity index is 1.30. The van der Waals surface area contributed by atoms with Gasteiger partial charge in [-0.15, -0.1) is 10.2 Å². The topological polar surface area (TPSA) is 72.0 Å². The van der Waals surface area contributed by atoms with Crippen LogP contribution in [0, 0.1) is 0 Å². The Labute approximate surface area is 175 Å². The van der Waals surface area contributed by atoms with Gasteiger partial charge in [0.25, 0.3) is 5.91 Å². The van der Waals surface area contributed by atoms with Gasteiger partial charge in [-0.3, -0.25) is 9.59 Å². The van der Waals surface area contributed by atoms with Gasteiger partial charge in [0.15, 0.2) is 0 Å². The van der Waals surface area contributed by atoms with Crippen LogP contribution >= 0.6 is 11.3 Å². The summed E-state index contributed by atoms with van der Waals surface area (Å²) in [5.74, 6) is -0.897. The lowest BCUT2D eigenvalue weighted by atomic mass is 10.0. The maximum absolute atomic E-state index is 12.0. The van der Waals surface area contributed by atoms with Crippen LogP contribution in [0.3, 0.4) is 0 Å². The maximum Gasteiger partial charge on any atom is 0.287 e. The summed E-state index contributed by atoms with van der Waals surface area (Å²) in [5, 5.41) is 12.4. The minimum absolute atomic E-state index is 0.228. The molecule has 5 nitrogen and oxygen atoms in total. The first kappa shape index (κ1) is 20.9. The zero-order valence-electron chi connectivity index (χ0n) is 16.3. The van der Waals surface area contributed by atoms with E-state index in [1.807, 2.05) is 36.4 Å². The molecule has 29 heavy (non-hydrogen) atoms. The fourth-order valence-electron chi connectivity index (χ4n) is 3.00. The highest BCUT2D eigenvalue weighted by molar-refractivity contribution is 7.14. The number of amides is 1. The number of nitrogens with one attached hydrogen (secondary N) is 1. The standard InChI is InChI=1S/C23H25N3O2S/c27-20(16-10-2-1-5-11-18-12-6-3-7-13-18)22(28)24-17-21-25-26-23(29-21)19-14-8-4-9-15-19/h3-4,6-9,12-15H,1-2,5,10-11,16-17H2,(H,24,28). The zero-order chi connectivity index (χ0) is 20.3. The van der Waals surface area contributed by atoms with Gasteiger partial charge in [0.05, 0.1) is 6.54 Å². The van der Waals surface area contributed by atoms with E-state index in [-0.39, 0.29) is 12.3 Å². The van der Waals surface area contributed by atoms with Crippen molar-refractivity contribution in [3.8, 4) is 10.6 Å². The molecule has 150 valence electrons. The normalized spacial score (nSPS) is 10.6. The largest absolute Gasteiger partial charge is 0.343 e. The van der Waals surface area contributed by atoms with Gasteiger partial charge >= 0.3 is 0 Å². The van der Waals surface area contributed by atoms with Crippen LogP contribution < -0.4 is 5.32 Å². The number of unbranched alkanes of at least 4 members (excludes halogenated alkanes) is 3. The highest BCUT2D eigenvalue weighted by Crippen LogP contribution is 2.22. The fraction of sp³-hybridized carbons (Fsp3) is 0.304. The SMILES string of the molecule is O=C(CCCCCCc1ccccc1)C(=O)NCc1nnc(-c2ccccc2)s1. The monoisotopic (exact) mass is 407 g/mol. The molecule has 0 fully saturated rings. The molecule has 0 bridgehead atoms. The van der Waals surface area contributed by atoms with Gasteiger partial charge in [0.1, 0.15) is 10.0 Å². The second-order valence-corrected chi connectivity index (χ2v) is 7.93. The number of nitrogens with zero attached hydrogens (tertiary/aromatic N) is 2. The Bertz CT molecular complexity index is 910. The molecule has 2 aromatic carbocycles. The molecule has 0 saturated carbocycles. The van der Waals surface area contributed by atoms with Gasteiger partial charge in [0.2, 0.25) is 5.78 Å². The molecule has 0 saturated heterocycles. The first-order chi connectivity index (χ1) is 14.2. The summed E-state index contributed by atoms with van der Waals surface area (Å²) in [5.41, 5.74) is 2.33. The smallest absolute Gasteiger partial charge is 0.287 e. The number of Topliss-reactive ketones (excluding diaryl/α,β-unsaturated/α-hetero) is 1. The van der Waals surface area contributed by atoms with Crippen molar-refractivity contribution in [1.29, 1.82) is 0 Å². The van der Waals surface area contributed by atoms with Crippen LogP contribution in [-0.2, 0) is 22.6 Å². The second kappa shape index (κ2) is 11.2. The van der Waals surface area contributed by atoms with Crippen molar-refractivity contribution in [3.63, 3.8) is 0 Å². The lowest BCUT2D eigenvalue weighted by Crippen LogP contribution is -2.30. The highest BCUT2D eigenvalue weighted by atomic mass is 32.1. The molecule has 0 spiro atoms.